The average Bonchev–Trinajstić information content (AvgIpc) is 3.30. The molecule has 25 heavy (non-hydrogen) atoms. The Morgan fingerprint density at radius 1 is 1.44 bits per heavy atom. The fraction of sp³-hybridized carbons (Fsp3) is 0.556. The van der Waals surface area contributed by atoms with Crippen molar-refractivity contribution in [2.45, 2.75) is 44.8 Å². The minimum absolute atomic E-state index is 0.581. The number of halogens is 1. The van der Waals surface area contributed by atoms with Gasteiger partial charge in [0.1, 0.15) is 0 Å². The van der Waals surface area contributed by atoms with Gasteiger partial charge in [0, 0.05) is 39.2 Å². The lowest BCUT2D eigenvalue weighted by atomic mass is 10.3. The molecule has 136 valence electrons. The van der Waals surface area contributed by atoms with Crippen LogP contribution in [-0.2, 0) is 20.1 Å². The third-order valence-corrected chi connectivity index (χ3v) is 5.04. The molecule has 1 aliphatic carbocycles. The minimum Gasteiger partial charge on any atom is -0.351 e. The molecular weight excluding hydrogens is 336 g/mol. The predicted molar refractivity (Wildman–Crippen MR) is 102 cm³/mol. The Morgan fingerprint density at radius 3 is 2.84 bits per heavy atom. The van der Waals surface area contributed by atoms with E-state index in [9.17, 15) is 0 Å². The van der Waals surface area contributed by atoms with Crippen LogP contribution in [0.5, 0.6) is 0 Å². The SMILES string of the molecule is CN=C(NCc1ccn(C2CCCC2)n1)N(C)Cc1cc(Cl)cn1C. The van der Waals surface area contributed by atoms with Crippen LogP contribution in [0.4, 0.5) is 0 Å². The van der Waals surface area contributed by atoms with Gasteiger partial charge < -0.3 is 14.8 Å². The Balaban J connectivity index is 1.56. The fourth-order valence-electron chi connectivity index (χ4n) is 3.44. The lowest BCUT2D eigenvalue weighted by molar-refractivity contribution is 0.453. The van der Waals surface area contributed by atoms with Gasteiger partial charge in [0.2, 0.25) is 0 Å². The molecule has 0 saturated heterocycles. The molecule has 0 aliphatic heterocycles. The molecule has 1 fully saturated rings. The molecule has 7 heteroatoms. The predicted octanol–water partition coefficient (Wildman–Crippen LogP) is 3.20. The summed E-state index contributed by atoms with van der Waals surface area (Å²) in [5, 5.41) is 8.87. The van der Waals surface area contributed by atoms with Gasteiger partial charge in [-0.1, -0.05) is 24.4 Å². The van der Waals surface area contributed by atoms with Crippen molar-refractivity contribution >= 4 is 17.6 Å². The van der Waals surface area contributed by atoms with Gasteiger partial charge in [0.05, 0.1) is 29.8 Å². The van der Waals surface area contributed by atoms with Gasteiger partial charge in [-0.15, -0.1) is 0 Å². The lowest BCUT2D eigenvalue weighted by Gasteiger charge is -2.22. The summed E-state index contributed by atoms with van der Waals surface area (Å²) < 4.78 is 4.16. The monoisotopic (exact) mass is 362 g/mol. The van der Waals surface area contributed by atoms with Crippen LogP contribution in [0.2, 0.25) is 5.02 Å². The van der Waals surface area contributed by atoms with Gasteiger partial charge in [-0.2, -0.15) is 5.10 Å². The summed E-state index contributed by atoms with van der Waals surface area (Å²) in [6, 6.07) is 4.65. The summed E-state index contributed by atoms with van der Waals surface area (Å²) in [7, 11) is 5.82. The van der Waals surface area contributed by atoms with E-state index in [4.69, 9.17) is 16.7 Å². The summed E-state index contributed by atoms with van der Waals surface area (Å²) in [6.45, 7) is 1.41. The maximum Gasteiger partial charge on any atom is 0.194 e. The molecular formula is C18H27ClN6. The third-order valence-electron chi connectivity index (χ3n) is 4.84. The third kappa shape index (κ3) is 4.37. The van der Waals surface area contributed by atoms with Crippen molar-refractivity contribution in [3.63, 3.8) is 0 Å². The van der Waals surface area contributed by atoms with Crippen molar-refractivity contribution in [3.8, 4) is 0 Å². The molecule has 6 nitrogen and oxygen atoms in total. The van der Waals surface area contributed by atoms with Crippen LogP contribution in [0.15, 0.2) is 29.5 Å². The van der Waals surface area contributed by atoms with Crippen LogP contribution in [0, 0.1) is 0 Å². The van der Waals surface area contributed by atoms with Gasteiger partial charge in [-0.25, -0.2) is 0 Å². The van der Waals surface area contributed by atoms with Gasteiger partial charge in [-0.3, -0.25) is 9.67 Å². The molecule has 2 heterocycles. The molecule has 1 saturated carbocycles. The van der Waals surface area contributed by atoms with Crippen LogP contribution in [-0.4, -0.2) is 39.3 Å². The highest BCUT2D eigenvalue weighted by Gasteiger charge is 2.17. The average molecular weight is 363 g/mol. The Labute approximate surface area is 154 Å². The molecule has 2 aromatic rings. The van der Waals surface area contributed by atoms with Gasteiger partial charge in [-0.05, 0) is 25.0 Å². The molecule has 0 aromatic carbocycles. The van der Waals surface area contributed by atoms with Gasteiger partial charge in [0.15, 0.2) is 5.96 Å². The van der Waals surface area contributed by atoms with Crippen molar-refractivity contribution in [1.29, 1.82) is 0 Å². The molecule has 0 radical (unpaired) electrons. The summed E-state index contributed by atoms with van der Waals surface area (Å²) in [5.74, 6) is 0.840. The number of guanidine groups is 1. The summed E-state index contributed by atoms with van der Waals surface area (Å²) in [5.41, 5.74) is 2.18. The van der Waals surface area contributed by atoms with Crippen LogP contribution >= 0.6 is 11.6 Å². The van der Waals surface area contributed by atoms with Gasteiger partial charge in [0.25, 0.3) is 0 Å². The van der Waals surface area contributed by atoms with Crippen molar-refractivity contribution in [2.75, 3.05) is 14.1 Å². The second kappa shape index (κ2) is 7.95. The minimum atomic E-state index is 0.581. The molecule has 1 aliphatic rings. The van der Waals surface area contributed by atoms with E-state index >= 15 is 0 Å². The van der Waals surface area contributed by atoms with E-state index in [0.717, 1.165) is 28.9 Å². The first-order valence-corrected chi connectivity index (χ1v) is 9.21. The molecule has 0 unspecified atom stereocenters. The second-order valence-electron chi connectivity index (χ2n) is 6.74. The fourth-order valence-corrected chi connectivity index (χ4v) is 3.71. The van der Waals surface area contributed by atoms with Gasteiger partial charge >= 0.3 is 0 Å². The maximum atomic E-state index is 6.06. The van der Waals surface area contributed by atoms with E-state index in [-0.39, 0.29) is 0 Å². The highest BCUT2D eigenvalue weighted by molar-refractivity contribution is 6.30. The number of nitrogens with zero attached hydrogens (tertiary/aromatic N) is 5. The first kappa shape index (κ1) is 17.9. The number of aryl methyl sites for hydroxylation is 1. The van der Waals surface area contributed by atoms with Crippen LogP contribution in [0.25, 0.3) is 0 Å². The number of aromatic nitrogens is 3. The van der Waals surface area contributed by atoms with Crippen LogP contribution in [0.3, 0.4) is 0 Å². The number of nitrogens with one attached hydrogen (secondary N) is 1. The summed E-state index contributed by atoms with van der Waals surface area (Å²) in [6.07, 6.45) is 9.15. The molecule has 0 spiro atoms. The maximum absolute atomic E-state index is 6.06. The molecule has 0 atom stereocenters. The zero-order chi connectivity index (χ0) is 17.8. The van der Waals surface area contributed by atoms with Crippen molar-refractivity contribution in [1.82, 2.24) is 24.6 Å². The standard InChI is InChI=1S/C18H27ClN6/c1-20-18(24(3)13-17-10-14(19)12-23(17)2)21-11-15-8-9-25(22-15)16-6-4-5-7-16/h8-10,12,16H,4-7,11,13H2,1-3H3,(H,20,21). The molecule has 2 aromatic heterocycles. The highest BCUT2D eigenvalue weighted by Crippen LogP contribution is 2.28. The first-order chi connectivity index (χ1) is 12.1. The van der Waals surface area contributed by atoms with Crippen molar-refractivity contribution < 1.29 is 0 Å². The highest BCUT2D eigenvalue weighted by atomic mass is 35.5. The number of rotatable bonds is 5. The van der Waals surface area contributed by atoms with E-state index in [1.807, 2.05) is 30.9 Å². The zero-order valence-corrected chi connectivity index (χ0v) is 16.0. The molecule has 1 N–H and O–H groups in total. The topological polar surface area (TPSA) is 50.4 Å². The zero-order valence-electron chi connectivity index (χ0n) is 15.2. The van der Waals surface area contributed by atoms with Crippen molar-refractivity contribution in [3.05, 3.63) is 40.9 Å². The van der Waals surface area contributed by atoms with E-state index in [1.165, 1.54) is 25.7 Å². The largest absolute Gasteiger partial charge is 0.351 e. The number of hydrogen-bond donors (Lipinski definition) is 1. The molecule has 0 bridgehead atoms. The summed E-state index contributed by atoms with van der Waals surface area (Å²) in [4.78, 5) is 6.46. The first-order valence-electron chi connectivity index (χ1n) is 8.83. The summed E-state index contributed by atoms with van der Waals surface area (Å²) >= 11 is 6.06. The van der Waals surface area contributed by atoms with E-state index < -0.39 is 0 Å². The van der Waals surface area contributed by atoms with E-state index in [2.05, 4.69) is 32.2 Å². The van der Waals surface area contributed by atoms with E-state index in [0.29, 0.717) is 12.6 Å². The normalized spacial score (nSPS) is 15.8. The quantitative estimate of drug-likeness (QED) is 0.656. The second-order valence-corrected chi connectivity index (χ2v) is 7.18. The van der Waals surface area contributed by atoms with Crippen molar-refractivity contribution in [2.24, 2.45) is 12.0 Å². The Kier molecular flexibility index (Phi) is 5.68. The number of hydrogen-bond acceptors (Lipinski definition) is 2. The Morgan fingerprint density at radius 2 is 2.20 bits per heavy atom. The lowest BCUT2D eigenvalue weighted by Crippen LogP contribution is -2.38. The Hall–Kier alpha value is -1.95. The number of aliphatic imine (C=N–C) groups is 1. The van der Waals surface area contributed by atoms with Crippen LogP contribution in [0.1, 0.15) is 43.1 Å². The molecule has 0 amide bonds. The van der Waals surface area contributed by atoms with Crippen LogP contribution < -0.4 is 5.32 Å². The molecule has 3 rings (SSSR count). The Bertz CT molecular complexity index is 726. The smallest absolute Gasteiger partial charge is 0.194 e. The van der Waals surface area contributed by atoms with E-state index in [1.54, 1.807) is 7.05 Å².